The fourth-order valence-electron chi connectivity index (χ4n) is 5.82. The van der Waals surface area contributed by atoms with Crippen LogP contribution in [0.5, 0.6) is 5.75 Å². The van der Waals surface area contributed by atoms with E-state index in [1.165, 1.54) is 38.5 Å². The van der Waals surface area contributed by atoms with Crippen LogP contribution in [-0.2, 0) is 5.41 Å². The zero-order valence-electron chi connectivity index (χ0n) is 14.6. The summed E-state index contributed by atoms with van der Waals surface area (Å²) in [5.41, 5.74) is 2.41. The van der Waals surface area contributed by atoms with Crippen molar-refractivity contribution >= 4 is 11.1 Å². The van der Waals surface area contributed by atoms with Crippen molar-refractivity contribution in [3.05, 3.63) is 36.0 Å². The quantitative estimate of drug-likeness (QED) is 0.731. The van der Waals surface area contributed by atoms with Crippen LogP contribution in [0.25, 0.3) is 11.1 Å². The van der Waals surface area contributed by atoms with Crippen LogP contribution in [-0.4, -0.2) is 11.6 Å². The zero-order chi connectivity index (χ0) is 17.0. The van der Waals surface area contributed by atoms with E-state index >= 15 is 0 Å². The number of nitrogens with zero attached hydrogens (tertiary/aromatic N) is 1. The Bertz CT molecular complexity index is 802. The van der Waals surface area contributed by atoms with Crippen molar-refractivity contribution in [2.45, 2.75) is 50.9 Å². The van der Waals surface area contributed by atoms with Gasteiger partial charge in [-0.15, -0.1) is 0 Å². The van der Waals surface area contributed by atoms with E-state index in [4.69, 9.17) is 14.1 Å². The summed E-state index contributed by atoms with van der Waals surface area (Å²) >= 11 is 0. The number of benzene rings is 1. The maximum atomic E-state index is 12.4. The van der Waals surface area contributed by atoms with Gasteiger partial charge in [0.25, 0.3) is 0 Å². The lowest BCUT2D eigenvalue weighted by Gasteiger charge is -2.55. The molecule has 6 rings (SSSR count). The van der Waals surface area contributed by atoms with Gasteiger partial charge in [0.1, 0.15) is 17.9 Å². The first kappa shape index (κ1) is 15.4. The Labute approximate surface area is 147 Å². The number of rotatable bonds is 4. The molecule has 0 aliphatic heterocycles. The van der Waals surface area contributed by atoms with Gasteiger partial charge in [-0.25, -0.2) is 9.37 Å². The SMILES string of the molecule is C/C(=C\F)COc1ccc2nc(C34CC5CC(CC(C5)C3)C4)oc2c1. The number of hydrogen-bond acceptors (Lipinski definition) is 3. The molecule has 0 amide bonds. The predicted octanol–water partition coefficient (Wildman–Crippen LogP) is 5.55. The van der Waals surface area contributed by atoms with Crippen molar-refractivity contribution in [2.75, 3.05) is 6.61 Å². The first-order chi connectivity index (χ1) is 12.1. The van der Waals surface area contributed by atoms with Crippen LogP contribution < -0.4 is 4.74 Å². The Morgan fingerprint density at radius 1 is 1.24 bits per heavy atom. The molecule has 1 aromatic heterocycles. The van der Waals surface area contributed by atoms with Crippen molar-refractivity contribution < 1.29 is 13.5 Å². The molecule has 4 aliphatic rings. The maximum absolute atomic E-state index is 12.4. The lowest BCUT2D eigenvalue weighted by molar-refractivity contribution is -0.0170. The Morgan fingerprint density at radius 3 is 2.56 bits per heavy atom. The van der Waals surface area contributed by atoms with E-state index in [1.807, 2.05) is 18.2 Å². The summed E-state index contributed by atoms with van der Waals surface area (Å²) < 4.78 is 24.3. The molecule has 0 N–H and O–H groups in total. The normalized spacial score (nSPS) is 34.0. The number of fused-ring (bicyclic) bond motifs is 1. The highest BCUT2D eigenvalue weighted by molar-refractivity contribution is 5.74. The van der Waals surface area contributed by atoms with Gasteiger partial charge in [0.2, 0.25) is 5.89 Å². The fraction of sp³-hybridized carbons (Fsp3) is 0.571. The van der Waals surface area contributed by atoms with Crippen LogP contribution in [0, 0.1) is 17.8 Å². The zero-order valence-corrected chi connectivity index (χ0v) is 14.6. The monoisotopic (exact) mass is 341 g/mol. The third-order valence-electron chi connectivity index (χ3n) is 6.50. The molecule has 0 saturated heterocycles. The molecule has 1 heterocycles. The molecule has 25 heavy (non-hydrogen) atoms. The minimum absolute atomic E-state index is 0.169. The van der Waals surface area contributed by atoms with Crippen molar-refractivity contribution in [2.24, 2.45) is 17.8 Å². The summed E-state index contributed by atoms with van der Waals surface area (Å²) in [5, 5.41) is 0. The molecule has 0 atom stereocenters. The number of hydrogen-bond donors (Lipinski definition) is 0. The first-order valence-electron chi connectivity index (χ1n) is 9.43. The van der Waals surface area contributed by atoms with Gasteiger partial charge >= 0.3 is 0 Å². The van der Waals surface area contributed by atoms with E-state index in [0.717, 1.165) is 34.7 Å². The van der Waals surface area contributed by atoms with Crippen LogP contribution in [0.2, 0.25) is 0 Å². The molecule has 4 bridgehead atoms. The van der Waals surface area contributed by atoms with E-state index < -0.39 is 0 Å². The lowest BCUT2D eigenvalue weighted by Crippen LogP contribution is -2.48. The minimum atomic E-state index is 0.169. The second-order valence-corrected chi connectivity index (χ2v) is 8.59. The summed E-state index contributed by atoms with van der Waals surface area (Å²) in [6.07, 6.45) is 8.57. The highest BCUT2D eigenvalue weighted by atomic mass is 19.1. The van der Waals surface area contributed by atoms with Gasteiger partial charge in [0.15, 0.2) is 5.58 Å². The molecular formula is C21H24FNO2. The molecule has 132 valence electrons. The van der Waals surface area contributed by atoms with E-state index in [9.17, 15) is 4.39 Å². The van der Waals surface area contributed by atoms with Crippen LogP contribution in [0.1, 0.15) is 51.3 Å². The predicted molar refractivity (Wildman–Crippen MR) is 94.2 cm³/mol. The van der Waals surface area contributed by atoms with Gasteiger partial charge in [-0.1, -0.05) is 0 Å². The average Bonchev–Trinajstić information content (AvgIpc) is 3.02. The Hall–Kier alpha value is -1.84. The Morgan fingerprint density at radius 2 is 1.92 bits per heavy atom. The van der Waals surface area contributed by atoms with Gasteiger partial charge in [-0.05, 0) is 80.9 Å². The molecule has 0 spiro atoms. The topological polar surface area (TPSA) is 35.3 Å². The lowest BCUT2D eigenvalue weighted by atomic mass is 9.49. The van der Waals surface area contributed by atoms with Gasteiger partial charge in [0, 0.05) is 11.5 Å². The molecule has 3 nitrogen and oxygen atoms in total. The van der Waals surface area contributed by atoms with Gasteiger partial charge < -0.3 is 9.15 Å². The number of aromatic nitrogens is 1. The number of ether oxygens (including phenoxy) is 1. The molecule has 0 unspecified atom stereocenters. The number of halogens is 1. The van der Waals surface area contributed by atoms with Crippen LogP contribution in [0.15, 0.2) is 34.5 Å². The van der Waals surface area contributed by atoms with Crippen LogP contribution >= 0.6 is 0 Å². The van der Waals surface area contributed by atoms with E-state index in [-0.39, 0.29) is 12.0 Å². The highest BCUT2D eigenvalue weighted by Crippen LogP contribution is 2.60. The molecule has 4 aliphatic carbocycles. The second-order valence-electron chi connectivity index (χ2n) is 8.59. The highest BCUT2D eigenvalue weighted by Gasteiger charge is 2.54. The minimum Gasteiger partial charge on any atom is -0.489 e. The number of oxazole rings is 1. The van der Waals surface area contributed by atoms with Gasteiger partial charge in [0.05, 0.1) is 6.33 Å². The maximum Gasteiger partial charge on any atom is 0.201 e. The molecule has 1 aromatic carbocycles. The molecule has 4 saturated carbocycles. The standard InChI is InChI=1S/C21H24FNO2/c1-13(11-22)12-24-17-2-3-18-19(7-17)25-20(23-18)21-8-14-4-15(9-21)6-16(5-14)10-21/h2-3,7,11,14-16H,4-6,8-10,12H2,1H3/b13-11+. The summed E-state index contributed by atoms with van der Waals surface area (Å²) in [4.78, 5) is 4.86. The van der Waals surface area contributed by atoms with Crippen molar-refractivity contribution in [3.63, 3.8) is 0 Å². The first-order valence-corrected chi connectivity index (χ1v) is 9.43. The third-order valence-corrected chi connectivity index (χ3v) is 6.50. The Balaban J connectivity index is 1.45. The fourth-order valence-corrected chi connectivity index (χ4v) is 5.82. The summed E-state index contributed by atoms with van der Waals surface area (Å²) in [7, 11) is 0. The average molecular weight is 341 g/mol. The summed E-state index contributed by atoms with van der Waals surface area (Å²) in [6.45, 7) is 1.95. The van der Waals surface area contributed by atoms with Crippen molar-refractivity contribution in [3.8, 4) is 5.75 Å². The van der Waals surface area contributed by atoms with Crippen molar-refractivity contribution in [1.29, 1.82) is 0 Å². The summed E-state index contributed by atoms with van der Waals surface area (Å²) in [6, 6.07) is 5.73. The molecule has 4 heteroatoms. The van der Waals surface area contributed by atoms with E-state index in [1.54, 1.807) is 6.92 Å². The molecular weight excluding hydrogens is 317 g/mol. The molecule has 2 aromatic rings. The molecule has 4 fully saturated rings. The van der Waals surface area contributed by atoms with E-state index in [0.29, 0.717) is 17.7 Å². The van der Waals surface area contributed by atoms with Gasteiger partial charge in [-0.3, -0.25) is 0 Å². The van der Waals surface area contributed by atoms with Crippen LogP contribution in [0.4, 0.5) is 4.39 Å². The van der Waals surface area contributed by atoms with Gasteiger partial charge in [-0.2, -0.15) is 0 Å². The van der Waals surface area contributed by atoms with Crippen molar-refractivity contribution in [1.82, 2.24) is 4.98 Å². The largest absolute Gasteiger partial charge is 0.489 e. The second kappa shape index (κ2) is 5.58. The summed E-state index contributed by atoms with van der Waals surface area (Å²) in [5.74, 6) is 4.25. The van der Waals surface area contributed by atoms with Crippen LogP contribution in [0.3, 0.4) is 0 Å². The molecule has 0 radical (unpaired) electrons. The smallest absolute Gasteiger partial charge is 0.201 e. The van der Waals surface area contributed by atoms with E-state index in [2.05, 4.69) is 0 Å². The Kier molecular flexibility index (Phi) is 3.44. The third kappa shape index (κ3) is 2.57.